The van der Waals surface area contributed by atoms with Gasteiger partial charge in [-0.2, -0.15) is 0 Å². The smallest absolute Gasteiger partial charge is 0.265 e. The molecule has 0 aliphatic heterocycles. The van der Waals surface area contributed by atoms with E-state index < -0.39 is 0 Å². The molecule has 1 saturated carbocycles. The van der Waals surface area contributed by atoms with E-state index in [0.717, 1.165) is 25.3 Å². The number of carbonyl (C=O) groups excluding carboxylic acids is 1. The Morgan fingerprint density at radius 2 is 2.20 bits per heavy atom. The van der Waals surface area contributed by atoms with Gasteiger partial charge in [0.05, 0.1) is 0 Å². The molecule has 20 heavy (non-hydrogen) atoms. The van der Waals surface area contributed by atoms with E-state index in [-0.39, 0.29) is 11.9 Å². The van der Waals surface area contributed by atoms with Gasteiger partial charge in [-0.05, 0) is 32.1 Å². The summed E-state index contributed by atoms with van der Waals surface area (Å²) >= 11 is 1.33. The maximum absolute atomic E-state index is 12.3. The zero-order valence-corrected chi connectivity index (χ0v) is 13.1. The number of thiazole rings is 1. The number of hydrogen-bond donors (Lipinski definition) is 3. The summed E-state index contributed by atoms with van der Waals surface area (Å²) in [7, 11) is 0. The minimum Gasteiger partial charge on any atom is -0.382 e. The molecule has 1 aliphatic rings. The molecule has 2 rings (SSSR count). The SMILES string of the molecule is CCNc1nc(N)c(C(=O)NC2CCCC(C)CC2)s1. The number of hydrogen-bond acceptors (Lipinski definition) is 5. The Labute approximate surface area is 124 Å². The van der Waals surface area contributed by atoms with Crippen molar-refractivity contribution in [3.8, 4) is 0 Å². The van der Waals surface area contributed by atoms with Crippen LogP contribution in [0.15, 0.2) is 0 Å². The highest BCUT2D eigenvalue weighted by Gasteiger charge is 2.21. The molecule has 0 spiro atoms. The van der Waals surface area contributed by atoms with Gasteiger partial charge in [0.15, 0.2) is 5.13 Å². The summed E-state index contributed by atoms with van der Waals surface area (Å²) in [5, 5.41) is 6.92. The molecule has 6 heteroatoms. The lowest BCUT2D eigenvalue weighted by Crippen LogP contribution is -2.34. The average molecular weight is 296 g/mol. The number of anilines is 2. The second kappa shape index (κ2) is 6.92. The number of rotatable bonds is 4. The van der Waals surface area contributed by atoms with Crippen LogP contribution in [0.3, 0.4) is 0 Å². The predicted molar refractivity (Wildman–Crippen MR) is 84.2 cm³/mol. The summed E-state index contributed by atoms with van der Waals surface area (Å²) in [6.45, 7) is 5.05. The van der Waals surface area contributed by atoms with Crippen molar-refractivity contribution in [2.75, 3.05) is 17.6 Å². The van der Waals surface area contributed by atoms with Gasteiger partial charge >= 0.3 is 0 Å². The van der Waals surface area contributed by atoms with Crippen molar-refractivity contribution >= 4 is 28.2 Å². The van der Waals surface area contributed by atoms with E-state index in [1.165, 1.54) is 30.6 Å². The van der Waals surface area contributed by atoms with E-state index in [0.29, 0.717) is 15.8 Å². The van der Waals surface area contributed by atoms with E-state index in [9.17, 15) is 4.79 Å². The van der Waals surface area contributed by atoms with Gasteiger partial charge in [0.1, 0.15) is 10.7 Å². The van der Waals surface area contributed by atoms with E-state index in [2.05, 4.69) is 22.5 Å². The Morgan fingerprint density at radius 1 is 1.40 bits per heavy atom. The Morgan fingerprint density at radius 3 is 2.95 bits per heavy atom. The summed E-state index contributed by atoms with van der Waals surface area (Å²) in [4.78, 5) is 17.0. The van der Waals surface area contributed by atoms with Crippen molar-refractivity contribution in [1.82, 2.24) is 10.3 Å². The van der Waals surface area contributed by atoms with Gasteiger partial charge in [0.25, 0.3) is 5.91 Å². The van der Waals surface area contributed by atoms with Gasteiger partial charge in [-0.1, -0.05) is 31.1 Å². The van der Waals surface area contributed by atoms with Gasteiger partial charge < -0.3 is 16.4 Å². The zero-order valence-electron chi connectivity index (χ0n) is 12.2. The lowest BCUT2D eigenvalue weighted by molar-refractivity contribution is 0.0938. The van der Waals surface area contributed by atoms with E-state index >= 15 is 0 Å². The Hall–Kier alpha value is -1.30. The number of carbonyl (C=O) groups is 1. The number of aromatic nitrogens is 1. The Balaban J connectivity index is 1.97. The quantitative estimate of drug-likeness (QED) is 0.746. The fourth-order valence-corrected chi connectivity index (χ4v) is 3.46. The lowest BCUT2D eigenvalue weighted by atomic mass is 10.0. The van der Waals surface area contributed by atoms with Crippen LogP contribution in [0.25, 0.3) is 0 Å². The first kappa shape index (κ1) is 15.1. The first-order valence-electron chi connectivity index (χ1n) is 7.41. The van der Waals surface area contributed by atoms with E-state index in [1.54, 1.807) is 0 Å². The van der Waals surface area contributed by atoms with Crippen LogP contribution in [-0.4, -0.2) is 23.5 Å². The predicted octanol–water partition coefficient (Wildman–Crippen LogP) is 2.86. The molecular formula is C14H24N4OS. The van der Waals surface area contributed by atoms with Crippen LogP contribution in [0.2, 0.25) is 0 Å². The van der Waals surface area contributed by atoms with E-state index in [1.807, 2.05) is 6.92 Å². The summed E-state index contributed by atoms with van der Waals surface area (Å²) in [5.41, 5.74) is 5.83. The van der Waals surface area contributed by atoms with Crippen LogP contribution in [0.1, 0.15) is 55.6 Å². The second-order valence-corrected chi connectivity index (χ2v) is 6.55. The number of nitrogens with one attached hydrogen (secondary N) is 2. The fraction of sp³-hybridized carbons (Fsp3) is 0.714. The standard InChI is InChI=1S/C14H24N4OS/c1-3-16-14-18-12(15)11(20-14)13(19)17-10-6-4-5-9(2)7-8-10/h9-10H,3-8,15H2,1-2H3,(H,16,18)(H,17,19). The molecule has 0 radical (unpaired) electrons. The highest BCUT2D eigenvalue weighted by atomic mass is 32.1. The van der Waals surface area contributed by atoms with Crippen molar-refractivity contribution in [1.29, 1.82) is 0 Å². The summed E-state index contributed by atoms with van der Waals surface area (Å²) in [6, 6.07) is 0.275. The van der Waals surface area contributed by atoms with Crippen molar-refractivity contribution < 1.29 is 4.79 Å². The molecule has 1 amide bonds. The third-order valence-electron chi connectivity index (χ3n) is 3.78. The summed E-state index contributed by atoms with van der Waals surface area (Å²) < 4.78 is 0. The number of nitrogens with two attached hydrogens (primary N) is 1. The first-order chi connectivity index (χ1) is 9.60. The molecule has 2 atom stereocenters. The number of nitrogen functional groups attached to an aromatic ring is 1. The molecule has 112 valence electrons. The van der Waals surface area contributed by atoms with Crippen LogP contribution >= 0.6 is 11.3 Å². The number of nitrogens with zero attached hydrogens (tertiary/aromatic N) is 1. The molecule has 4 N–H and O–H groups in total. The van der Waals surface area contributed by atoms with Crippen LogP contribution in [-0.2, 0) is 0 Å². The van der Waals surface area contributed by atoms with Crippen molar-refractivity contribution in [3.63, 3.8) is 0 Å². The average Bonchev–Trinajstić information content (AvgIpc) is 2.64. The topological polar surface area (TPSA) is 80.0 Å². The first-order valence-corrected chi connectivity index (χ1v) is 8.22. The maximum atomic E-state index is 12.3. The molecule has 5 nitrogen and oxygen atoms in total. The minimum atomic E-state index is -0.0799. The number of amides is 1. The molecule has 2 unspecified atom stereocenters. The monoisotopic (exact) mass is 296 g/mol. The van der Waals surface area contributed by atoms with Crippen LogP contribution in [0.4, 0.5) is 10.9 Å². The van der Waals surface area contributed by atoms with Gasteiger partial charge in [-0.25, -0.2) is 4.98 Å². The maximum Gasteiger partial charge on any atom is 0.265 e. The van der Waals surface area contributed by atoms with Crippen molar-refractivity contribution in [2.45, 2.75) is 52.0 Å². The molecule has 1 heterocycles. The normalized spacial score (nSPS) is 23.1. The largest absolute Gasteiger partial charge is 0.382 e. The van der Waals surface area contributed by atoms with Gasteiger partial charge in [0.2, 0.25) is 0 Å². The van der Waals surface area contributed by atoms with Crippen LogP contribution < -0.4 is 16.4 Å². The Kier molecular flexibility index (Phi) is 5.23. The second-order valence-electron chi connectivity index (χ2n) is 5.55. The molecule has 0 saturated heterocycles. The third kappa shape index (κ3) is 3.85. The van der Waals surface area contributed by atoms with Crippen LogP contribution in [0, 0.1) is 5.92 Å². The van der Waals surface area contributed by atoms with Gasteiger partial charge in [0, 0.05) is 12.6 Å². The van der Waals surface area contributed by atoms with Gasteiger partial charge in [-0.3, -0.25) is 4.79 Å². The van der Waals surface area contributed by atoms with Gasteiger partial charge in [-0.15, -0.1) is 0 Å². The molecule has 1 fully saturated rings. The Bertz CT molecular complexity index is 460. The fourth-order valence-electron chi connectivity index (χ4n) is 2.60. The lowest BCUT2D eigenvalue weighted by Gasteiger charge is -2.15. The molecule has 1 aliphatic carbocycles. The molecule has 1 aromatic heterocycles. The van der Waals surface area contributed by atoms with Crippen molar-refractivity contribution in [2.24, 2.45) is 5.92 Å². The molecule has 1 aromatic rings. The minimum absolute atomic E-state index is 0.0799. The van der Waals surface area contributed by atoms with E-state index in [4.69, 9.17) is 5.73 Å². The third-order valence-corrected chi connectivity index (χ3v) is 4.81. The molecular weight excluding hydrogens is 272 g/mol. The van der Waals surface area contributed by atoms with Crippen LogP contribution in [0.5, 0.6) is 0 Å². The molecule has 0 aromatic carbocycles. The van der Waals surface area contributed by atoms with Crippen molar-refractivity contribution in [3.05, 3.63) is 4.88 Å². The highest BCUT2D eigenvalue weighted by molar-refractivity contribution is 7.18. The highest BCUT2D eigenvalue weighted by Crippen LogP contribution is 2.26. The zero-order chi connectivity index (χ0) is 14.5. The molecule has 0 bridgehead atoms. The summed E-state index contributed by atoms with van der Waals surface area (Å²) in [5.74, 6) is 1.01. The summed E-state index contributed by atoms with van der Waals surface area (Å²) in [6.07, 6.45) is 5.76.